The van der Waals surface area contributed by atoms with Crippen LogP contribution in [0.1, 0.15) is 31.4 Å². The van der Waals surface area contributed by atoms with Crippen LogP contribution in [-0.4, -0.2) is 5.97 Å². The molecule has 0 fully saturated rings. The van der Waals surface area contributed by atoms with Crippen molar-refractivity contribution in [3.05, 3.63) is 83.9 Å². The number of hydrogen-bond donors (Lipinski definition) is 0. The molecule has 1 atom stereocenters. The van der Waals surface area contributed by atoms with E-state index >= 15 is 0 Å². The summed E-state index contributed by atoms with van der Waals surface area (Å²) in [5.74, 6) is 0.509. The molecule has 2 heteroatoms. The second kappa shape index (κ2) is 8.74. The first-order chi connectivity index (χ1) is 11.2. The van der Waals surface area contributed by atoms with Crippen molar-refractivity contribution in [2.75, 3.05) is 0 Å². The second-order valence-corrected chi connectivity index (χ2v) is 5.33. The Balaban J connectivity index is 2.24. The topological polar surface area (TPSA) is 26.3 Å². The lowest BCUT2D eigenvalue weighted by atomic mass is 10.0. The maximum atomic E-state index is 11.4. The Bertz CT molecular complexity index is 670. The van der Waals surface area contributed by atoms with Gasteiger partial charge in [0.15, 0.2) is 0 Å². The zero-order chi connectivity index (χ0) is 16.5. The van der Waals surface area contributed by atoms with Gasteiger partial charge in [-0.1, -0.05) is 79.7 Å². The van der Waals surface area contributed by atoms with E-state index in [4.69, 9.17) is 4.74 Å². The van der Waals surface area contributed by atoms with Gasteiger partial charge in [-0.25, -0.2) is 0 Å². The van der Waals surface area contributed by atoms with Gasteiger partial charge in [-0.2, -0.15) is 0 Å². The van der Waals surface area contributed by atoms with E-state index in [9.17, 15) is 4.79 Å². The van der Waals surface area contributed by atoms with Crippen molar-refractivity contribution < 1.29 is 9.53 Å². The summed E-state index contributed by atoms with van der Waals surface area (Å²) in [5.41, 5.74) is 2.07. The molecule has 2 aromatic rings. The highest BCUT2D eigenvalue weighted by Gasteiger charge is 2.08. The molecule has 0 aliphatic heterocycles. The van der Waals surface area contributed by atoms with E-state index in [1.165, 1.54) is 6.92 Å². The molecule has 0 bridgehead atoms. The Morgan fingerprint density at radius 2 is 1.65 bits per heavy atom. The Morgan fingerprint density at radius 1 is 1.04 bits per heavy atom. The van der Waals surface area contributed by atoms with E-state index < -0.39 is 0 Å². The van der Waals surface area contributed by atoms with Gasteiger partial charge in [-0.15, -0.1) is 0 Å². The third kappa shape index (κ3) is 5.59. The summed E-state index contributed by atoms with van der Waals surface area (Å²) in [6.07, 6.45) is 7.18. The first-order valence-electron chi connectivity index (χ1n) is 7.88. The van der Waals surface area contributed by atoms with E-state index in [0.717, 1.165) is 17.5 Å². The molecule has 2 aromatic carbocycles. The largest absolute Gasteiger partial charge is 0.426 e. The summed E-state index contributed by atoms with van der Waals surface area (Å²) in [7, 11) is 0. The lowest BCUT2D eigenvalue weighted by Gasteiger charge is -2.11. The zero-order valence-corrected chi connectivity index (χ0v) is 13.6. The van der Waals surface area contributed by atoms with E-state index in [0.29, 0.717) is 5.76 Å². The fourth-order valence-corrected chi connectivity index (χ4v) is 2.25. The van der Waals surface area contributed by atoms with Crippen molar-refractivity contribution in [3.63, 3.8) is 0 Å². The van der Waals surface area contributed by atoms with E-state index in [1.807, 2.05) is 54.6 Å². The number of allylic oxidation sites excluding steroid dienone is 2. The summed E-state index contributed by atoms with van der Waals surface area (Å²) in [6, 6.07) is 19.9. The second-order valence-electron chi connectivity index (χ2n) is 5.33. The number of ether oxygens (including phenoxy) is 1. The molecule has 0 saturated heterocycles. The third-order valence-electron chi connectivity index (χ3n) is 3.48. The maximum Gasteiger partial charge on any atom is 0.308 e. The van der Waals surface area contributed by atoms with Gasteiger partial charge in [0.2, 0.25) is 0 Å². The lowest BCUT2D eigenvalue weighted by Crippen LogP contribution is -2.01. The van der Waals surface area contributed by atoms with Crippen LogP contribution in [0.15, 0.2) is 72.8 Å². The molecule has 0 aliphatic carbocycles. The molecule has 0 radical (unpaired) electrons. The van der Waals surface area contributed by atoms with Gasteiger partial charge < -0.3 is 4.74 Å². The van der Waals surface area contributed by atoms with Crippen LogP contribution in [0.4, 0.5) is 0 Å². The molecule has 0 heterocycles. The van der Waals surface area contributed by atoms with Gasteiger partial charge in [-0.05, 0) is 24.0 Å². The molecular formula is C21H22O2. The normalized spacial score (nSPS) is 13.0. The molecule has 0 unspecified atom stereocenters. The Kier molecular flexibility index (Phi) is 6.37. The molecule has 2 rings (SSSR count). The van der Waals surface area contributed by atoms with Crippen molar-refractivity contribution in [2.24, 2.45) is 5.92 Å². The maximum absolute atomic E-state index is 11.4. The number of carbonyl (C=O) groups is 1. The van der Waals surface area contributed by atoms with Crippen LogP contribution in [0.2, 0.25) is 0 Å². The fraction of sp³-hybridized carbons (Fsp3) is 0.190. The molecule has 118 valence electrons. The minimum absolute atomic E-state index is 0.199. The Hall–Kier alpha value is -2.61. The molecule has 0 aliphatic rings. The number of esters is 1. The predicted molar refractivity (Wildman–Crippen MR) is 95.4 cm³/mol. The summed E-state index contributed by atoms with van der Waals surface area (Å²) >= 11 is 0. The highest BCUT2D eigenvalue weighted by molar-refractivity contribution is 5.76. The van der Waals surface area contributed by atoms with Crippen molar-refractivity contribution in [1.29, 1.82) is 0 Å². The summed E-state index contributed by atoms with van der Waals surface area (Å²) < 4.78 is 5.41. The van der Waals surface area contributed by atoms with Crippen molar-refractivity contribution in [2.45, 2.75) is 20.3 Å². The fourth-order valence-electron chi connectivity index (χ4n) is 2.25. The van der Waals surface area contributed by atoms with Crippen LogP contribution in [0.5, 0.6) is 0 Å². The summed E-state index contributed by atoms with van der Waals surface area (Å²) in [6.45, 7) is 3.55. The van der Waals surface area contributed by atoms with Gasteiger partial charge in [0.25, 0.3) is 0 Å². The van der Waals surface area contributed by atoms with Gasteiger partial charge >= 0.3 is 5.97 Å². The number of benzene rings is 2. The number of hydrogen-bond acceptors (Lipinski definition) is 2. The standard InChI is InChI=1S/C21H22O2/c1-3-18(14-15-19-10-6-4-7-11-19)16-21(23-17(2)22)20-12-8-5-9-13-20/h4-16,18H,3H2,1-2H3/b15-14+,21-16-/t18-/m0/s1. The van der Waals surface area contributed by atoms with Crippen molar-refractivity contribution in [3.8, 4) is 0 Å². The van der Waals surface area contributed by atoms with Crippen molar-refractivity contribution in [1.82, 2.24) is 0 Å². The average molecular weight is 306 g/mol. The molecule has 0 amide bonds. The van der Waals surface area contributed by atoms with Crippen molar-refractivity contribution >= 4 is 17.8 Å². The van der Waals surface area contributed by atoms with Crippen LogP contribution in [0.25, 0.3) is 11.8 Å². The molecule has 0 spiro atoms. The Morgan fingerprint density at radius 3 is 2.22 bits per heavy atom. The average Bonchev–Trinajstić information content (AvgIpc) is 2.59. The lowest BCUT2D eigenvalue weighted by molar-refractivity contribution is -0.134. The molecule has 0 saturated carbocycles. The Labute approximate surface area is 138 Å². The van der Waals surface area contributed by atoms with Gasteiger partial charge in [0.05, 0.1) is 0 Å². The van der Waals surface area contributed by atoms with Crippen LogP contribution < -0.4 is 0 Å². The molecule has 0 aromatic heterocycles. The minimum atomic E-state index is -0.304. The molecule has 2 nitrogen and oxygen atoms in total. The van der Waals surface area contributed by atoms with Crippen LogP contribution >= 0.6 is 0 Å². The van der Waals surface area contributed by atoms with Crippen LogP contribution in [0, 0.1) is 5.92 Å². The summed E-state index contributed by atoms with van der Waals surface area (Å²) in [5, 5.41) is 0. The molecule has 0 N–H and O–H groups in total. The van der Waals surface area contributed by atoms with Gasteiger partial charge in [0, 0.05) is 12.5 Å². The first-order valence-corrected chi connectivity index (χ1v) is 7.88. The van der Waals surface area contributed by atoms with Crippen LogP contribution in [-0.2, 0) is 9.53 Å². The highest BCUT2D eigenvalue weighted by atomic mass is 16.5. The van der Waals surface area contributed by atoms with Crippen LogP contribution in [0.3, 0.4) is 0 Å². The zero-order valence-electron chi connectivity index (χ0n) is 13.6. The smallest absolute Gasteiger partial charge is 0.308 e. The van der Waals surface area contributed by atoms with E-state index in [2.05, 4.69) is 31.2 Å². The van der Waals surface area contributed by atoms with Gasteiger partial charge in [0.1, 0.15) is 5.76 Å². The summed E-state index contributed by atoms with van der Waals surface area (Å²) in [4.78, 5) is 11.4. The highest BCUT2D eigenvalue weighted by Crippen LogP contribution is 2.21. The molecule has 23 heavy (non-hydrogen) atoms. The van der Waals surface area contributed by atoms with E-state index in [1.54, 1.807) is 0 Å². The SMILES string of the molecule is CC[C@H](/C=C(\OC(C)=O)c1ccccc1)/C=C/c1ccccc1. The minimum Gasteiger partial charge on any atom is -0.426 e. The number of rotatable bonds is 6. The number of carbonyl (C=O) groups excluding carboxylic acids is 1. The predicted octanol–water partition coefficient (Wildman–Crippen LogP) is 5.33. The monoisotopic (exact) mass is 306 g/mol. The quantitative estimate of drug-likeness (QED) is 0.532. The van der Waals surface area contributed by atoms with Gasteiger partial charge in [-0.3, -0.25) is 4.79 Å². The first kappa shape index (κ1) is 16.8. The molecular weight excluding hydrogens is 284 g/mol. The van der Waals surface area contributed by atoms with E-state index in [-0.39, 0.29) is 11.9 Å². The third-order valence-corrected chi connectivity index (χ3v) is 3.48.